The van der Waals surface area contributed by atoms with Gasteiger partial charge in [0.1, 0.15) is 29.7 Å². The van der Waals surface area contributed by atoms with Crippen LogP contribution in [0.3, 0.4) is 0 Å². The number of nitrogens with zero attached hydrogens (tertiary/aromatic N) is 5. The van der Waals surface area contributed by atoms with E-state index in [1.54, 1.807) is 31.3 Å². The van der Waals surface area contributed by atoms with Crippen LogP contribution in [0.5, 0.6) is 0 Å². The molecule has 0 spiro atoms. The van der Waals surface area contributed by atoms with Crippen molar-refractivity contribution in [3.8, 4) is 11.3 Å². The van der Waals surface area contributed by atoms with E-state index in [0.29, 0.717) is 47.9 Å². The fourth-order valence-electron chi connectivity index (χ4n) is 8.80. The number of esters is 1. The molecule has 7 rings (SSSR count). The lowest BCUT2D eigenvalue weighted by Crippen LogP contribution is -2.61. The minimum atomic E-state index is -1.13. The highest BCUT2D eigenvalue weighted by atomic mass is 32.1. The number of fused-ring (bicyclic) bond motifs is 6. The number of likely N-dealkylation sites (N-methyl/N-ethyl adjacent to an activating group) is 1. The number of benzene rings is 1. The molecule has 3 aromatic rings. The van der Waals surface area contributed by atoms with Gasteiger partial charge in [-0.1, -0.05) is 40.3 Å². The van der Waals surface area contributed by atoms with Crippen LogP contribution in [0.1, 0.15) is 83.7 Å². The highest BCUT2D eigenvalue weighted by molar-refractivity contribution is 7.10. The Balaban J connectivity index is 1.47. The molecule has 316 valence electrons. The molecule has 6 bridgehead atoms. The van der Waals surface area contributed by atoms with E-state index < -0.39 is 41.6 Å². The number of aromatic nitrogens is 2. The van der Waals surface area contributed by atoms with Crippen molar-refractivity contribution in [1.82, 2.24) is 25.3 Å². The number of thiazole rings is 1. The number of methoxy groups -OCH3 is 1. The van der Waals surface area contributed by atoms with Gasteiger partial charge in [0.2, 0.25) is 11.8 Å². The number of hydrazine groups is 1. The van der Waals surface area contributed by atoms with Crippen LogP contribution in [0.15, 0.2) is 40.9 Å². The van der Waals surface area contributed by atoms with Gasteiger partial charge >= 0.3 is 5.97 Å². The maximum atomic E-state index is 14.6. The molecule has 2 aromatic heterocycles. The number of hydrogen-bond acceptors (Lipinski definition) is 11. The Hall–Kier alpha value is -4.70. The third kappa shape index (κ3) is 7.89. The summed E-state index contributed by atoms with van der Waals surface area (Å²) in [4.78, 5) is 67.7. The van der Waals surface area contributed by atoms with Crippen molar-refractivity contribution in [3.05, 3.63) is 52.1 Å². The highest BCUT2D eigenvalue weighted by Gasteiger charge is 2.50. The predicted octanol–water partition coefficient (Wildman–Crippen LogP) is 5.85. The van der Waals surface area contributed by atoms with E-state index >= 15 is 0 Å². The Bertz CT molecular complexity index is 2230. The number of carbonyl (C=O) groups excluding carboxylic acids is 4. The number of anilines is 1. The lowest BCUT2D eigenvalue weighted by Gasteiger charge is -2.37. The zero-order valence-electron chi connectivity index (χ0n) is 35.6. The smallest absolute Gasteiger partial charge is 0.324 e. The molecule has 1 saturated carbocycles. The van der Waals surface area contributed by atoms with E-state index in [4.69, 9.17) is 24.2 Å². The second-order valence-electron chi connectivity index (χ2n) is 17.0. The molecule has 3 aliphatic heterocycles. The number of aliphatic imine (C=N–C) groups is 1. The quantitative estimate of drug-likeness (QED) is 0.154. The maximum absolute atomic E-state index is 14.6. The summed E-state index contributed by atoms with van der Waals surface area (Å²) in [6, 6.07) is 2.16. The first-order valence-corrected chi connectivity index (χ1v) is 21.5. The number of cyclic esters (lactones) is 1. The number of ether oxygens (including phenoxy) is 3. The van der Waals surface area contributed by atoms with Gasteiger partial charge in [0.25, 0.3) is 5.91 Å². The van der Waals surface area contributed by atoms with Crippen LogP contribution in [0, 0.1) is 23.2 Å². The molecule has 2 fully saturated rings. The van der Waals surface area contributed by atoms with Crippen molar-refractivity contribution < 1.29 is 33.4 Å². The Labute approximate surface area is 350 Å². The lowest BCUT2D eigenvalue weighted by atomic mass is 9.84. The topological polar surface area (TPSA) is 157 Å². The van der Waals surface area contributed by atoms with Crippen LogP contribution in [-0.2, 0) is 46.4 Å². The number of amides is 3. The van der Waals surface area contributed by atoms with Gasteiger partial charge in [0.15, 0.2) is 0 Å². The molecule has 59 heavy (non-hydrogen) atoms. The van der Waals surface area contributed by atoms with Crippen LogP contribution in [0.25, 0.3) is 27.7 Å². The molecule has 4 aliphatic rings. The molecule has 3 amide bonds. The summed E-state index contributed by atoms with van der Waals surface area (Å²) >= 11 is 1.34. The molecule has 2 N–H and O–H groups in total. The standard InChI is InChI=1S/C44H57N7O7S/c1-11-27(35(45-12-2)25(6)56-10)37-29-19-44(7,8)22-58-43(55)30-15-14-16-51(48-30)42(54)36(47-40(53)34-23(4)24(34)5)39(57-13-3)41-46-31(21-59-41)26-17-28(29)38-32(18-26)49(9)33(52)20-50(37)38/h11-12,17-18,21,23-25,30,34,36,39,48H,1,13-16,19-20,22H2,2-10H3,(H,47,53)/b35-27+,45-12?/t23-,24+,25-,30-,34?,36-,39-/m0/s1. The van der Waals surface area contributed by atoms with Crippen LogP contribution in [0.4, 0.5) is 5.69 Å². The minimum absolute atomic E-state index is 0.0787. The van der Waals surface area contributed by atoms with Gasteiger partial charge in [-0.15, -0.1) is 11.3 Å². The monoisotopic (exact) mass is 827 g/mol. The zero-order chi connectivity index (χ0) is 42.5. The van der Waals surface area contributed by atoms with E-state index in [1.165, 1.54) is 16.3 Å². The summed E-state index contributed by atoms with van der Waals surface area (Å²) < 4.78 is 20.3. The van der Waals surface area contributed by atoms with E-state index in [1.807, 2.05) is 59.9 Å². The summed E-state index contributed by atoms with van der Waals surface area (Å²) in [5, 5.41) is 7.83. The van der Waals surface area contributed by atoms with Gasteiger partial charge in [-0.3, -0.25) is 29.2 Å². The molecule has 14 nitrogen and oxygen atoms in total. The molecule has 7 atom stereocenters. The van der Waals surface area contributed by atoms with Gasteiger partial charge in [-0.2, -0.15) is 0 Å². The second-order valence-corrected chi connectivity index (χ2v) is 17.9. The molecule has 1 aliphatic carbocycles. The summed E-state index contributed by atoms with van der Waals surface area (Å²) in [5.41, 5.74) is 8.66. The second kappa shape index (κ2) is 16.7. The number of allylic oxidation sites excluding steroid dienone is 2. The van der Waals surface area contributed by atoms with Gasteiger partial charge in [0.05, 0.1) is 41.0 Å². The van der Waals surface area contributed by atoms with Gasteiger partial charge in [-0.05, 0) is 69.6 Å². The third-order valence-electron chi connectivity index (χ3n) is 12.4. The average molecular weight is 828 g/mol. The van der Waals surface area contributed by atoms with Gasteiger partial charge < -0.3 is 29.0 Å². The van der Waals surface area contributed by atoms with Crippen molar-refractivity contribution in [2.45, 2.75) is 98.6 Å². The van der Waals surface area contributed by atoms with Crippen molar-refractivity contribution >= 4 is 63.4 Å². The first-order valence-electron chi connectivity index (χ1n) is 20.6. The summed E-state index contributed by atoms with van der Waals surface area (Å²) in [5.74, 6) is -1.06. The SMILES string of the molecule is C=C/C(=C(\N=CC)[C@H](C)OC)c1c2c3cc(cc4c3n1CC(=O)N4C)-c1csc(n1)[C@@H](OCC)[C@H](NC(=O)C1[C@@H](C)[C@H]1C)C(=O)N1CCC[C@H](N1)C(=O)OCC(C)(C)C2. The van der Waals surface area contributed by atoms with Crippen LogP contribution >= 0.6 is 11.3 Å². The number of rotatable bonds is 9. The fraction of sp³-hybridized carbons (Fsp3) is 0.545. The van der Waals surface area contributed by atoms with Crippen LogP contribution < -0.4 is 15.6 Å². The Morgan fingerprint density at radius 3 is 2.64 bits per heavy atom. The van der Waals surface area contributed by atoms with E-state index in [9.17, 15) is 19.2 Å². The largest absolute Gasteiger partial charge is 0.464 e. The predicted molar refractivity (Wildman–Crippen MR) is 229 cm³/mol. The molecule has 1 saturated heterocycles. The van der Waals surface area contributed by atoms with E-state index in [-0.39, 0.29) is 49.3 Å². The third-order valence-corrected chi connectivity index (χ3v) is 13.3. The first-order chi connectivity index (χ1) is 28.1. The molecule has 0 radical (unpaired) electrons. The van der Waals surface area contributed by atoms with Crippen molar-refractivity contribution in [3.63, 3.8) is 0 Å². The molecule has 1 aromatic carbocycles. The Morgan fingerprint density at radius 1 is 1.24 bits per heavy atom. The summed E-state index contributed by atoms with van der Waals surface area (Å²) in [7, 11) is 3.41. The molecule has 5 heterocycles. The van der Waals surface area contributed by atoms with E-state index in [2.05, 4.69) is 28.0 Å². The molecular weight excluding hydrogens is 771 g/mol. The van der Waals surface area contributed by atoms with Gasteiger partial charge in [0, 0.05) is 66.8 Å². The molecular formula is C44H57N7O7S. The lowest BCUT2D eigenvalue weighted by molar-refractivity contribution is -0.156. The summed E-state index contributed by atoms with van der Waals surface area (Å²) in [6.45, 7) is 18.8. The van der Waals surface area contributed by atoms with Crippen molar-refractivity contribution in [1.29, 1.82) is 0 Å². The number of carbonyl (C=O) groups is 4. The van der Waals surface area contributed by atoms with Crippen LogP contribution in [0.2, 0.25) is 0 Å². The summed E-state index contributed by atoms with van der Waals surface area (Å²) in [6.07, 6.45) is 3.66. The van der Waals surface area contributed by atoms with E-state index in [0.717, 1.165) is 33.3 Å². The normalized spacial score (nSPS) is 26.7. The van der Waals surface area contributed by atoms with Crippen molar-refractivity contribution in [2.24, 2.45) is 28.2 Å². The Morgan fingerprint density at radius 2 is 1.98 bits per heavy atom. The minimum Gasteiger partial charge on any atom is -0.464 e. The maximum Gasteiger partial charge on any atom is 0.324 e. The van der Waals surface area contributed by atoms with Gasteiger partial charge in [-0.25, -0.2) is 10.4 Å². The average Bonchev–Trinajstić information content (AvgIpc) is 3.48. The van der Waals surface area contributed by atoms with Crippen LogP contribution in [-0.4, -0.2) is 96.6 Å². The zero-order valence-corrected chi connectivity index (χ0v) is 36.4. The number of nitrogens with one attached hydrogen (secondary N) is 2. The fourth-order valence-corrected chi connectivity index (χ4v) is 9.71. The Kier molecular flexibility index (Phi) is 12.0. The molecule has 1 unspecified atom stereocenters. The first kappa shape index (κ1) is 42.4. The van der Waals surface area contributed by atoms with Crippen molar-refractivity contribution in [2.75, 3.05) is 38.8 Å². The molecule has 15 heteroatoms. The highest BCUT2D eigenvalue weighted by Crippen LogP contribution is 2.47. The number of hydrogen-bond donors (Lipinski definition) is 2.